The second-order valence-electron chi connectivity index (χ2n) is 9.64. The van der Waals surface area contributed by atoms with Gasteiger partial charge in [-0.3, -0.25) is 0 Å². The van der Waals surface area contributed by atoms with Crippen LogP contribution in [0, 0.1) is 17.8 Å². The van der Waals surface area contributed by atoms with E-state index in [-0.39, 0.29) is 5.60 Å². The Balaban J connectivity index is 1.41. The van der Waals surface area contributed by atoms with E-state index in [9.17, 15) is 20.4 Å². The maximum atomic E-state index is 10.4. The predicted octanol–water partition coefficient (Wildman–Crippen LogP) is 2.20. The highest BCUT2D eigenvalue weighted by Crippen LogP contribution is 2.57. The van der Waals surface area contributed by atoms with Crippen molar-refractivity contribution in [2.75, 3.05) is 6.61 Å². The van der Waals surface area contributed by atoms with Crippen molar-refractivity contribution in [3.05, 3.63) is 28.8 Å². The van der Waals surface area contributed by atoms with Crippen LogP contribution in [0.15, 0.2) is 18.2 Å². The molecule has 5 fully saturated rings. The van der Waals surface area contributed by atoms with Gasteiger partial charge in [-0.15, -0.1) is 0 Å². The fraction of sp³-hybridized carbons (Fsp3) is 0.727. The van der Waals surface area contributed by atoms with Gasteiger partial charge in [0.25, 0.3) is 0 Å². The molecule has 0 amide bonds. The van der Waals surface area contributed by atoms with E-state index in [0.29, 0.717) is 16.3 Å². The van der Waals surface area contributed by atoms with Gasteiger partial charge in [0.05, 0.1) is 11.6 Å². The molecular weight excluding hydrogens is 396 g/mol. The van der Waals surface area contributed by atoms with Gasteiger partial charge in [-0.1, -0.05) is 17.7 Å². The van der Waals surface area contributed by atoms with Crippen LogP contribution < -0.4 is 4.74 Å². The highest BCUT2D eigenvalue weighted by atomic mass is 35.5. The lowest BCUT2D eigenvalue weighted by Crippen LogP contribution is -2.55. The van der Waals surface area contributed by atoms with Gasteiger partial charge in [0.15, 0.2) is 0 Å². The van der Waals surface area contributed by atoms with E-state index in [2.05, 4.69) is 0 Å². The molecule has 0 spiro atoms. The molecule has 7 heteroatoms. The number of aliphatic hydroxyl groups excluding tert-OH is 4. The van der Waals surface area contributed by atoms with E-state index in [4.69, 9.17) is 21.1 Å². The summed E-state index contributed by atoms with van der Waals surface area (Å²) in [7, 11) is 0. The number of benzene rings is 1. The number of ether oxygens (including phenoxy) is 2. The number of halogens is 1. The number of hydrogen-bond donors (Lipinski definition) is 4. The summed E-state index contributed by atoms with van der Waals surface area (Å²) < 4.78 is 12.3. The average Bonchev–Trinajstić information content (AvgIpc) is 2.67. The molecule has 1 aliphatic heterocycles. The highest BCUT2D eigenvalue weighted by Gasteiger charge is 2.53. The molecule has 5 atom stereocenters. The third-order valence-electron chi connectivity index (χ3n) is 7.48. The lowest BCUT2D eigenvalue weighted by atomic mass is 9.54. The second-order valence-corrected chi connectivity index (χ2v) is 10.0. The molecule has 4 aliphatic carbocycles. The van der Waals surface area contributed by atoms with Crippen LogP contribution >= 0.6 is 11.6 Å². The molecule has 0 unspecified atom stereocenters. The second kappa shape index (κ2) is 7.36. The number of rotatable bonds is 4. The first kappa shape index (κ1) is 20.0. The first-order chi connectivity index (χ1) is 13.9. The monoisotopic (exact) mass is 424 g/mol. The van der Waals surface area contributed by atoms with E-state index in [1.54, 1.807) is 18.2 Å². The topological polar surface area (TPSA) is 99.4 Å². The summed E-state index contributed by atoms with van der Waals surface area (Å²) in [5.74, 6) is 2.80. The summed E-state index contributed by atoms with van der Waals surface area (Å²) in [5.41, 5.74) is 0.442. The average molecular weight is 425 g/mol. The van der Waals surface area contributed by atoms with Crippen molar-refractivity contribution in [3.8, 4) is 5.75 Å². The van der Waals surface area contributed by atoms with E-state index < -0.39 is 37.1 Å². The lowest BCUT2D eigenvalue weighted by Gasteiger charge is -2.56. The maximum Gasteiger partial charge on any atom is 0.139 e. The van der Waals surface area contributed by atoms with Gasteiger partial charge in [0, 0.05) is 0 Å². The van der Waals surface area contributed by atoms with Crippen molar-refractivity contribution < 1.29 is 29.9 Å². The van der Waals surface area contributed by atoms with Crippen LogP contribution in [0.3, 0.4) is 0 Å². The molecule has 0 aromatic heterocycles. The van der Waals surface area contributed by atoms with Gasteiger partial charge in [0.2, 0.25) is 0 Å². The first-order valence-corrected chi connectivity index (χ1v) is 11.0. The maximum absolute atomic E-state index is 10.4. The van der Waals surface area contributed by atoms with Gasteiger partial charge in [0.1, 0.15) is 41.9 Å². The minimum atomic E-state index is -1.41. The van der Waals surface area contributed by atoms with Gasteiger partial charge >= 0.3 is 0 Å². The summed E-state index contributed by atoms with van der Waals surface area (Å²) in [6.07, 6.45) is 1.24. The van der Waals surface area contributed by atoms with Crippen molar-refractivity contribution in [2.45, 2.75) is 74.6 Å². The van der Waals surface area contributed by atoms with E-state index in [1.807, 2.05) is 0 Å². The van der Waals surface area contributed by atoms with Crippen LogP contribution in [0.4, 0.5) is 0 Å². The Morgan fingerprint density at radius 2 is 1.59 bits per heavy atom. The SMILES string of the molecule is OC[C@H]1O[C@@H](c2ccc(Cl)c(OC34CC5CC(CC(C5)C3)C4)c2)[C@H](O)[C@@H](O)[C@@H]1O. The summed E-state index contributed by atoms with van der Waals surface area (Å²) >= 11 is 6.46. The summed E-state index contributed by atoms with van der Waals surface area (Å²) in [5, 5.41) is 40.5. The van der Waals surface area contributed by atoms with Gasteiger partial charge in [-0.25, -0.2) is 0 Å². The Morgan fingerprint density at radius 3 is 2.17 bits per heavy atom. The Bertz CT molecular complexity index is 732. The van der Waals surface area contributed by atoms with Crippen molar-refractivity contribution in [3.63, 3.8) is 0 Å². The predicted molar refractivity (Wildman–Crippen MR) is 106 cm³/mol. The highest BCUT2D eigenvalue weighted by molar-refractivity contribution is 6.32. The van der Waals surface area contributed by atoms with Crippen molar-refractivity contribution >= 4 is 11.6 Å². The third kappa shape index (κ3) is 3.48. The molecule has 4 N–H and O–H groups in total. The zero-order valence-corrected chi connectivity index (χ0v) is 17.0. The Hall–Kier alpha value is -0.890. The minimum absolute atomic E-state index is 0.160. The number of hydrogen-bond acceptors (Lipinski definition) is 6. The van der Waals surface area contributed by atoms with Crippen LogP contribution in [-0.2, 0) is 4.74 Å². The third-order valence-corrected chi connectivity index (χ3v) is 7.80. The normalized spacial score (nSPS) is 46.1. The molecule has 1 aromatic rings. The van der Waals surface area contributed by atoms with Crippen LogP contribution in [0.1, 0.15) is 50.2 Å². The molecule has 29 heavy (non-hydrogen) atoms. The smallest absolute Gasteiger partial charge is 0.139 e. The molecule has 160 valence electrons. The zero-order chi connectivity index (χ0) is 20.3. The van der Waals surface area contributed by atoms with E-state index in [0.717, 1.165) is 37.0 Å². The molecule has 4 saturated carbocycles. The lowest BCUT2D eigenvalue weighted by molar-refractivity contribution is -0.231. The molecular formula is C22H29ClO6. The summed E-state index contributed by atoms with van der Waals surface area (Å²) in [6.45, 7) is -0.453. The molecule has 1 heterocycles. The van der Waals surface area contributed by atoms with Crippen LogP contribution in [0.2, 0.25) is 5.02 Å². The quantitative estimate of drug-likeness (QED) is 0.591. The van der Waals surface area contributed by atoms with Crippen LogP contribution in [-0.4, -0.2) is 57.0 Å². The van der Waals surface area contributed by atoms with Crippen LogP contribution in [0.5, 0.6) is 5.75 Å². The molecule has 0 radical (unpaired) electrons. The van der Waals surface area contributed by atoms with Gasteiger partial charge < -0.3 is 29.9 Å². The van der Waals surface area contributed by atoms with Gasteiger partial charge in [-0.2, -0.15) is 0 Å². The Labute approximate surface area is 175 Å². The minimum Gasteiger partial charge on any atom is -0.486 e. The standard InChI is InChI=1S/C22H29ClO6/c23-15-2-1-14(21-20(27)19(26)18(25)17(10-24)28-21)6-16(15)29-22-7-11-3-12(8-22)5-13(4-11)9-22/h1-2,6,11-13,17-21,24-27H,3-5,7-10H2/t11?,12?,13?,17-,18-,19+,20-,21+,22?/m1/s1. The molecule has 1 saturated heterocycles. The molecule has 6 rings (SSSR count). The number of aliphatic hydroxyl groups is 4. The summed E-state index contributed by atoms with van der Waals surface area (Å²) in [4.78, 5) is 0. The molecule has 5 aliphatic rings. The van der Waals surface area contributed by atoms with Crippen molar-refractivity contribution in [1.29, 1.82) is 0 Å². The molecule has 1 aromatic carbocycles. The van der Waals surface area contributed by atoms with Crippen molar-refractivity contribution in [1.82, 2.24) is 0 Å². The fourth-order valence-corrected chi connectivity index (χ4v) is 6.70. The Morgan fingerprint density at radius 1 is 0.966 bits per heavy atom. The molecule has 6 nitrogen and oxygen atoms in total. The molecule has 4 bridgehead atoms. The van der Waals surface area contributed by atoms with Gasteiger partial charge in [-0.05, 0) is 74.0 Å². The van der Waals surface area contributed by atoms with Crippen molar-refractivity contribution in [2.24, 2.45) is 17.8 Å². The van der Waals surface area contributed by atoms with Crippen LogP contribution in [0.25, 0.3) is 0 Å². The zero-order valence-electron chi connectivity index (χ0n) is 16.3. The van der Waals surface area contributed by atoms with E-state index >= 15 is 0 Å². The fourth-order valence-electron chi connectivity index (χ4n) is 6.54. The first-order valence-electron chi connectivity index (χ1n) is 10.7. The largest absolute Gasteiger partial charge is 0.486 e. The summed E-state index contributed by atoms with van der Waals surface area (Å²) in [6, 6.07) is 5.21. The van der Waals surface area contributed by atoms with E-state index in [1.165, 1.54) is 19.3 Å². The Kier molecular flexibility index (Phi) is 5.09.